The number of hydrogen-bond acceptors (Lipinski definition) is 3. The lowest BCUT2D eigenvalue weighted by Crippen LogP contribution is -2.38. The minimum atomic E-state index is -4.83. The fraction of sp³-hybridized carbons (Fsp3) is 0.133. The highest BCUT2D eigenvalue weighted by Gasteiger charge is 2.44. The van der Waals surface area contributed by atoms with Crippen LogP contribution in [0, 0.1) is 0 Å². The van der Waals surface area contributed by atoms with E-state index in [9.17, 15) is 21.6 Å². The van der Waals surface area contributed by atoms with Crippen molar-refractivity contribution in [3.8, 4) is 0 Å². The molecular formula is C15H11ClF3N3O2S. The van der Waals surface area contributed by atoms with Crippen molar-refractivity contribution in [2.75, 3.05) is 0 Å². The molecule has 0 aliphatic carbocycles. The molecule has 0 spiro atoms. The van der Waals surface area contributed by atoms with E-state index < -0.39 is 22.2 Å². The van der Waals surface area contributed by atoms with Gasteiger partial charge in [0, 0.05) is 11.2 Å². The van der Waals surface area contributed by atoms with Crippen LogP contribution in [0.5, 0.6) is 0 Å². The molecule has 3 rings (SSSR count). The maximum absolute atomic E-state index is 13.4. The number of alkyl halides is 3. The number of sulfonamides is 1. The van der Waals surface area contributed by atoms with E-state index >= 15 is 0 Å². The predicted octanol–water partition coefficient (Wildman–Crippen LogP) is 3.57. The van der Waals surface area contributed by atoms with Crippen LogP contribution in [0.4, 0.5) is 13.2 Å². The highest BCUT2D eigenvalue weighted by atomic mass is 35.5. The fourth-order valence-corrected chi connectivity index (χ4v) is 3.73. The first-order valence-corrected chi connectivity index (χ1v) is 8.81. The quantitative estimate of drug-likeness (QED) is 0.742. The summed E-state index contributed by atoms with van der Waals surface area (Å²) in [6.45, 7) is 0. The van der Waals surface area contributed by atoms with Crippen LogP contribution in [0.2, 0.25) is 5.02 Å². The number of nitrogens with one attached hydrogen (secondary N) is 1. The first-order valence-electron chi connectivity index (χ1n) is 6.95. The van der Waals surface area contributed by atoms with E-state index in [-0.39, 0.29) is 15.6 Å². The number of pyridine rings is 1. The number of imidazole rings is 1. The van der Waals surface area contributed by atoms with Crippen molar-refractivity contribution in [2.45, 2.75) is 17.2 Å². The molecule has 2 aromatic heterocycles. The van der Waals surface area contributed by atoms with Crippen LogP contribution in [-0.4, -0.2) is 24.0 Å². The Balaban J connectivity index is 2.02. The summed E-state index contributed by atoms with van der Waals surface area (Å²) in [5, 5.41) is -0.138. The zero-order valence-electron chi connectivity index (χ0n) is 12.4. The Labute approximate surface area is 146 Å². The van der Waals surface area contributed by atoms with Gasteiger partial charge in [0.2, 0.25) is 0 Å². The summed E-state index contributed by atoms with van der Waals surface area (Å²) in [7, 11) is -4.49. The Bertz CT molecular complexity index is 1000. The molecule has 2 heterocycles. The molecule has 0 saturated heterocycles. The van der Waals surface area contributed by atoms with E-state index in [0.717, 1.165) is 18.3 Å². The third-order valence-corrected chi connectivity index (χ3v) is 5.11. The van der Waals surface area contributed by atoms with Gasteiger partial charge >= 0.3 is 6.18 Å². The lowest BCUT2D eigenvalue weighted by Gasteiger charge is -2.21. The monoisotopic (exact) mass is 389 g/mol. The topological polar surface area (TPSA) is 63.5 Å². The Morgan fingerprint density at radius 2 is 1.80 bits per heavy atom. The van der Waals surface area contributed by atoms with Gasteiger partial charge in [-0.2, -0.15) is 17.9 Å². The van der Waals surface area contributed by atoms with Gasteiger partial charge in [0.15, 0.2) is 5.03 Å². The number of rotatable bonds is 4. The molecule has 5 nitrogen and oxygen atoms in total. The van der Waals surface area contributed by atoms with E-state index in [4.69, 9.17) is 11.6 Å². The first-order chi connectivity index (χ1) is 11.7. The number of fused-ring (bicyclic) bond motifs is 1. The van der Waals surface area contributed by atoms with E-state index in [2.05, 4.69) is 4.98 Å². The summed E-state index contributed by atoms with van der Waals surface area (Å²) in [6.07, 6.45) is -2.42. The second-order valence-electron chi connectivity index (χ2n) is 5.17. The standard InChI is InChI=1S/C15H11ClF3N3O2S/c16-11-6-4-10(5-7-11)14(15(17,18)19)21-25(23,24)13-9-20-12-3-1-2-8-22(12)13/h1-9,14,21H/t14-/m1/s1. The summed E-state index contributed by atoms with van der Waals surface area (Å²) >= 11 is 5.68. The minimum absolute atomic E-state index is 0.245. The van der Waals surface area contributed by atoms with Crippen LogP contribution < -0.4 is 4.72 Å². The van der Waals surface area contributed by atoms with Gasteiger partial charge in [-0.3, -0.25) is 4.40 Å². The van der Waals surface area contributed by atoms with Crippen LogP contribution >= 0.6 is 11.6 Å². The lowest BCUT2D eigenvalue weighted by atomic mass is 10.1. The molecule has 0 bridgehead atoms. The SMILES string of the molecule is O=S(=O)(N[C@H](c1ccc(Cl)cc1)C(F)(F)F)c1cnc2ccccn12. The number of aromatic nitrogens is 2. The summed E-state index contributed by atoms with van der Waals surface area (Å²) < 4.78 is 68.1. The smallest absolute Gasteiger partial charge is 0.289 e. The van der Waals surface area contributed by atoms with Gasteiger partial charge in [0.1, 0.15) is 11.7 Å². The van der Waals surface area contributed by atoms with Crippen molar-refractivity contribution < 1.29 is 21.6 Å². The molecule has 3 aromatic rings. The molecule has 0 aliphatic rings. The van der Waals surface area contributed by atoms with Crippen LogP contribution in [0.3, 0.4) is 0 Å². The summed E-state index contributed by atoms with van der Waals surface area (Å²) in [5.41, 5.74) is 0.0345. The molecule has 1 N–H and O–H groups in total. The van der Waals surface area contributed by atoms with Crippen LogP contribution in [0.25, 0.3) is 5.65 Å². The van der Waals surface area contributed by atoms with Gasteiger partial charge in [-0.25, -0.2) is 13.4 Å². The van der Waals surface area contributed by atoms with E-state index in [1.54, 1.807) is 22.9 Å². The molecule has 0 aliphatic heterocycles. The third kappa shape index (κ3) is 3.63. The van der Waals surface area contributed by atoms with Gasteiger partial charge in [-0.05, 0) is 29.8 Å². The Kier molecular flexibility index (Phi) is 4.48. The Morgan fingerprint density at radius 3 is 2.44 bits per heavy atom. The zero-order chi connectivity index (χ0) is 18.2. The Morgan fingerprint density at radius 1 is 1.12 bits per heavy atom. The molecule has 132 valence electrons. The van der Waals surface area contributed by atoms with E-state index in [1.807, 2.05) is 0 Å². The average Bonchev–Trinajstić information content (AvgIpc) is 2.97. The highest BCUT2D eigenvalue weighted by Crippen LogP contribution is 2.34. The second-order valence-corrected chi connectivity index (χ2v) is 7.27. The Hall–Kier alpha value is -2.10. The van der Waals surface area contributed by atoms with Gasteiger partial charge in [0.05, 0.1) is 6.20 Å². The van der Waals surface area contributed by atoms with Crippen LogP contribution in [0.1, 0.15) is 11.6 Å². The van der Waals surface area contributed by atoms with Gasteiger partial charge < -0.3 is 0 Å². The van der Waals surface area contributed by atoms with Gasteiger partial charge in [-0.15, -0.1) is 0 Å². The summed E-state index contributed by atoms with van der Waals surface area (Å²) in [5.74, 6) is 0. The maximum Gasteiger partial charge on any atom is 0.408 e. The molecule has 10 heteroatoms. The van der Waals surface area contributed by atoms with Crippen molar-refractivity contribution in [1.82, 2.24) is 14.1 Å². The average molecular weight is 390 g/mol. The fourth-order valence-electron chi connectivity index (χ4n) is 2.30. The maximum atomic E-state index is 13.4. The largest absolute Gasteiger partial charge is 0.408 e. The molecule has 0 unspecified atom stereocenters. The number of hydrogen-bond donors (Lipinski definition) is 1. The van der Waals surface area contributed by atoms with E-state index in [1.165, 1.54) is 22.7 Å². The van der Waals surface area contributed by atoms with Crippen LogP contribution in [0.15, 0.2) is 59.9 Å². The van der Waals surface area contributed by atoms with Gasteiger partial charge in [0.25, 0.3) is 10.0 Å². The zero-order valence-corrected chi connectivity index (χ0v) is 14.0. The highest BCUT2D eigenvalue weighted by molar-refractivity contribution is 7.89. The first kappa shape index (κ1) is 17.7. The minimum Gasteiger partial charge on any atom is -0.289 e. The summed E-state index contributed by atoms with van der Waals surface area (Å²) in [6, 6.07) is 7.08. The number of benzene rings is 1. The molecular weight excluding hydrogens is 379 g/mol. The molecule has 1 atom stereocenters. The van der Waals surface area contributed by atoms with Gasteiger partial charge in [-0.1, -0.05) is 29.8 Å². The normalized spacial score (nSPS) is 13.9. The molecule has 0 fully saturated rings. The second kappa shape index (κ2) is 6.32. The molecule has 1 aromatic carbocycles. The van der Waals surface area contributed by atoms with Crippen molar-refractivity contribution in [2.24, 2.45) is 0 Å². The van der Waals surface area contributed by atoms with Crippen molar-refractivity contribution in [3.05, 3.63) is 65.4 Å². The van der Waals surface area contributed by atoms with E-state index in [0.29, 0.717) is 5.65 Å². The molecule has 0 saturated carbocycles. The summed E-state index contributed by atoms with van der Waals surface area (Å²) in [4.78, 5) is 3.88. The third-order valence-electron chi connectivity index (χ3n) is 3.46. The molecule has 0 amide bonds. The van der Waals surface area contributed by atoms with Crippen LogP contribution in [-0.2, 0) is 10.0 Å². The van der Waals surface area contributed by atoms with Crippen molar-refractivity contribution in [1.29, 1.82) is 0 Å². The molecule has 0 radical (unpaired) electrons. The van der Waals surface area contributed by atoms with Crippen molar-refractivity contribution in [3.63, 3.8) is 0 Å². The lowest BCUT2D eigenvalue weighted by molar-refractivity contribution is -0.153. The number of halogens is 4. The predicted molar refractivity (Wildman–Crippen MR) is 85.8 cm³/mol. The number of nitrogens with zero attached hydrogens (tertiary/aromatic N) is 2. The molecule has 25 heavy (non-hydrogen) atoms. The van der Waals surface area contributed by atoms with Crippen molar-refractivity contribution >= 4 is 27.3 Å².